The molecule has 2 rings (SSSR count). The van der Waals surface area contributed by atoms with E-state index >= 15 is 0 Å². The molecule has 4 heteroatoms. The fourth-order valence-electron chi connectivity index (χ4n) is 2.39. The molecule has 0 aliphatic carbocycles. The third kappa shape index (κ3) is 5.06. The molecule has 1 aliphatic heterocycles. The summed E-state index contributed by atoms with van der Waals surface area (Å²) >= 11 is 5.95. The Bertz CT molecular complexity index is 377. The van der Waals surface area contributed by atoms with E-state index in [4.69, 9.17) is 21.1 Å². The molecule has 1 aliphatic rings. The van der Waals surface area contributed by atoms with Crippen LogP contribution in [0.3, 0.4) is 0 Å². The molecule has 1 saturated heterocycles. The van der Waals surface area contributed by atoms with E-state index in [1.54, 1.807) is 0 Å². The molecule has 0 radical (unpaired) electrons. The number of likely N-dealkylation sites (N-methyl/N-ethyl adjacent to an activating group) is 1. The van der Waals surface area contributed by atoms with Crippen molar-refractivity contribution in [3.63, 3.8) is 0 Å². The van der Waals surface area contributed by atoms with Gasteiger partial charge in [-0.1, -0.05) is 30.7 Å². The van der Waals surface area contributed by atoms with Crippen molar-refractivity contribution in [2.45, 2.75) is 25.9 Å². The zero-order valence-corrected chi connectivity index (χ0v) is 12.9. The lowest BCUT2D eigenvalue weighted by atomic mass is 10.0. The van der Waals surface area contributed by atoms with Gasteiger partial charge < -0.3 is 14.8 Å². The van der Waals surface area contributed by atoms with Crippen LogP contribution in [0.5, 0.6) is 0 Å². The normalized spacial score (nSPS) is 18.1. The van der Waals surface area contributed by atoms with E-state index in [1.165, 1.54) is 5.56 Å². The number of halogens is 1. The number of rotatable bonds is 7. The van der Waals surface area contributed by atoms with Gasteiger partial charge >= 0.3 is 0 Å². The topological polar surface area (TPSA) is 30.5 Å². The molecule has 20 heavy (non-hydrogen) atoms. The van der Waals surface area contributed by atoms with Crippen molar-refractivity contribution in [1.82, 2.24) is 5.32 Å². The van der Waals surface area contributed by atoms with Gasteiger partial charge in [-0.05, 0) is 43.0 Å². The molecular weight excluding hydrogens is 274 g/mol. The van der Waals surface area contributed by atoms with Crippen molar-refractivity contribution in [2.24, 2.45) is 5.92 Å². The van der Waals surface area contributed by atoms with Crippen LogP contribution in [0.25, 0.3) is 0 Å². The molecule has 0 saturated carbocycles. The minimum absolute atomic E-state index is 0.0926. The minimum Gasteiger partial charge on any atom is -0.381 e. The van der Waals surface area contributed by atoms with Crippen molar-refractivity contribution in [1.29, 1.82) is 0 Å². The molecule has 1 aromatic carbocycles. The van der Waals surface area contributed by atoms with Crippen LogP contribution < -0.4 is 5.32 Å². The van der Waals surface area contributed by atoms with E-state index < -0.39 is 0 Å². The summed E-state index contributed by atoms with van der Waals surface area (Å²) < 4.78 is 11.5. The Morgan fingerprint density at radius 3 is 2.65 bits per heavy atom. The van der Waals surface area contributed by atoms with Crippen molar-refractivity contribution in [3.05, 3.63) is 34.9 Å². The molecule has 1 fully saturated rings. The molecule has 1 heterocycles. The summed E-state index contributed by atoms with van der Waals surface area (Å²) in [6.45, 7) is 6.44. The second kappa shape index (κ2) is 8.63. The monoisotopic (exact) mass is 297 g/mol. The third-order valence-electron chi connectivity index (χ3n) is 3.70. The van der Waals surface area contributed by atoms with Crippen LogP contribution >= 0.6 is 11.6 Å². The lowest BCUT2D eigenvalue weighted by Gasteiger charge is -2.25. The predicted molar refractivity (Wildman–Crippen MR) is 82.2 cm³/mol. The first-order valence-corrected chi connectivity index (χ1v) is 7.83. The molecule has 1 atom stereocenters. The molecule has 3 nitrogen and oxygen atoms in total. The van der Waals surface area contributed by atoms with E-state index in [1.807, 2.05) is 24.3 Å². The van der Waals surface area contributed by atoms with E-state index in [0.29, 0.717) is 5.92 Å². The van der Waals surface area contributed by atoms with Crippen LogP contribution in [0.15, 0.2) is 24.3 Å². The second-order valence-electron chi connectivity index (χ2n) is 5.24. The zero-order chi connectivity index (χ0) is 14.2. The van der Waals surface area contributed by atoms with E-state index in [0.717, 1.165) is 50.8 Å². The maximum Gasteiger partial charge on any atom is 0.0949 e. The Hall–Kier alpha value is -0.610. The third-order valence-corrected chi connectivity index (χ3v) is 3.95. The predicted octanol–water partition coefficient (Wildman–Crippen LogP) is 3.43. The Kier molecular flexibility index (Phi) is 6.80. The number of hydrogen-bond acceptors (Lipinski definition) is 3. The Balaban J connectivity index is 1.90. The van der Waals surface area contributed by atoms with Gasteiger partial charge in [-0.2, -0.15) is 0 Å². The van der Waals surface area contributed by atoms with Gasteiger partial charge in [0.05, 0.1) is 12.7 Å². The maximum absolute atomic E-state index is 6.15. The average Bonchev–Trinajstić information content (AvgIpc) is 2.50. The summed E-state index contributed by atoms with van der Waals surface area (Å²) in [5, 5.41) is 4.13. The molecule has 1 unspecified atom stereocenters. The minimum atomic E-state index is 0.0926. The number of nitrogens with one attached hydrogen (secondary N) is 1. The van der Waals surface area contributed by atoms with Crippen LogP contribution in [0, 0.1) is 5.92 Å². The van der Waals surface area contributed by atoms with Crippen molar-refractivity contribution >= 4 is 11.6 Å². The first kappa shape index (κ1) is 15.8. The highest BCUT2D eigenvalue weighted by atomic mass is 35.5. The van der Waals surface area contributed by atoms with Gasteiger partial charge in [0.25, 0.3) is 0 Å². The van der Waals surface area contributed by atoms with Crippen molar-refractivity contribution in [2.75, 3.05) is 32.9 Å². The molecule has 1 N–H and O–H groups in total. The van der Waals surface area contributed by atoms with Gasteiger partial charge in [-0.3, -0.25) is 0 Å². The summed E-state index contributed by atoms with van der Waals surface area (Å²) in [5.41, 5.74) is 1.18. The van der Waals surface area contributed by atoms with Crippen LogP contribution in [0.1, 0.15) is 31.4 Å². The van der Waals surface area contributed by atoms with Gasteiger partial charge in [0.1, 0.15) is 0 Å². The molecule has 112 valence electrons. The van der Waals surface area contributed by atoms with Gasteiger partial charge in [-0.15, -0.1) is 0 Å². The first-order valence-electron chi connectivity index (χ1n) is 7.45. The first-order chi connectivity index (χ1) is 9.79. The maximum atomic E-state index is 6.15. The van der Waals surface area contributed by atoms with E-state index in [-0.39, 0.29) is 6.10 Å². The number of ether oxygens (including phenoxy) is 2. The highest BCUT2D eigenvalue weighted by Gasteiger charge is 2.18. The molecule has 1 aromatic rings. The molecular formula is C16H24ClNO2. The van der Waals surface area contributed by atoms with Crippen LogP contribution in [0.4, 0.5) is 0 Å². The molecule has 0 aromatic heterocycles. The van der Waals surface area contributed by atoms with Crippen LogP contribution in [0.2, 0.25) is 5.02 Å². The number of benzene rings is 1. The fourth-order valence-corrected chi connectivity index (χ4v) is 2.52. The van der Waals surface area contributed by atoms with Gasteiger partial charge in [-0.25, -0.2) is 0 Å². The molecule has 0 amide bonds. The summed E-state index contributed by atoms with van der Waals surface area (Å²) in [7, 11) is 0. The van der Waals surface area contributed by atoms with Crippen molar-refractivity contribution in [3.8, 4) is 0 Å². The van der Waals surface area contributed by atoms with Crippen LogP contribution in [-0.4, -0.2) is 32.9 Å². The van der Waals surface area contributed by atoms with Gasteiger partial charge in [0.2, 0.25) is 0 Å². The highest BCUT2D eigenvalue weighted by Crippen LogP contribution is 2.22. The SMILES string of the molecule is CCNCC(OCC1CCOCC1)c1ccc(Cl)cc1. The summed E-state index contributed by atoms with van der Waals surface area (Å²) in [5.74, 6) is 0.625. The van der Waals surface area contributed by atoms with E-state index in [9.17, 15) is 0 Å². The van der Waals surface area contributed by atoms with Gasteiger partial charge in [0.15, 0.2) is 0 Å². The van der Waals surface area contributed by atoms with E-state index in [2.05, 4.69) is 12.2 Å². The standard InChI is InChI=1S/C16H24ClNO2/c1-2-18-11-16(14-3-5-15(17)6-4-14)20-12-13-7-9-19-10-8-13/h3-6,13,16,18H,2,7-12H2,1H3. The summed E-state index contributed by atoms with van der Waals surface area (Å²) in [6, 6.07) is 7.95. The fraction of sp³-hybridized carbons (Fsp3) is 0.625. The Labute approximate surface area is 126 Å². The van der Waals surface area contributed by atoms with Crippen LogP contribution in [-0.2, 0) is 9.47 Å². The number of hydrogen-bond donors (Lipinski definition) is 1. The zero-order valence-electron chi connectivity index (χ0n) is 12.1. The van der Waals surface area contributed by atoms with Crippen molar-refractivity contribution < 1.29 is 9.47 Å². The lowest BCUT2D eigenvalue weighted by molar-refractivity contribution is -0.0112. The Morgan fingerprint density at radius 1 is 1.30 bits per heavy atom. The average molecular weight is 298 g/mol. The summed E-state index contributed by atoms with van der Waals surface area (Å²) in [6.07, 6.45) is 2.30. The largest absolute Gasteiger partial charge is 0.381 e. The molecule has 0 spiro atoms. The summed E-state index contributed by atoms with van der Waals surface area (Å²) in [4.78, 5) is 0. The molecule has 0 bridgehead atoms. The quantitative estimate of drug-likeness (QED) is 0.836. The Morgan fingerprint density at radius 2 is 2.00 bits per heavy atom. The second-order valence-corrected chi connectivity index (χ2v) is 5.67. The highest BCUT2D eigenvalue weighted by molar-refractivity contribution is 6.30. The smallest absolute Gasteiger partial charge is 0.0949 e. The van der Waals surface area contributed by atoms with Gasteiger partial charge in [0, 0.05) is 24.8 Å². The lowest BCUT2D eigenvalue weighted by Crippen LogP contribution is -2.26.